The van der Waals surface area contributed by atoms with Crippen molar-refractivity contribution in [1.29, 1.82) is 0 Å². The highest BCUT2D eigenvalue weighted by Gasteiger charge is 2.08. The third-order valence-corrected chi connectivity index (χ3v) is 4.22. The first-order valence-corrected chi connectivity index (χ1v) is 9.69. The van der Waals surface area contributed by atoms with Gasteiger partial charge in [-0.1, -0.05) is 18.2 Å². The van der Waals surface area contributed by atoms with Gasteiger partial charge in [0.05, 0.1) is 25.9 Å². The molecule has 0 aliphatic carbocycles. The summed E-state index contributed by atoms with van der Waals surface area (Å²) in [5, 5.41) is 10.9. The van der Waals surface area contributed by atoms with Gasteiger partial charge in [0, 0.05) is 30.7 Å². The second-order valence-corrected chi connectivity index (χ2v) is 6.20. The first-order chi connectivity index (χ1) is 14.2. The van der Waals surface area contributed by atoms with E-state index in [1.54, 1.807) is 13.3 Å². The summed E-state index contributed by atoms with van der Waals surface area (Å²) in [5.74, 6) is 2.09. The molecular weight excluding hydrogens is 366 g/mol. The molecule has 152 valence electrons. The van der Waals surface area contributed by atoms with Crippen molar-refractivity contribution in [2.45, 2.75) is 20.4 Å². The monoisotopic (exact) mass is 393 g/mol. The number of anilines is 1. The number of aromatic nitrogens is 2. The SMILES string of the molecule is CCNC(=NCc1ccccc1-n1cccn1)Nc1ccc(OC)c(OCC)c1. The molecule has 0 bridgehead atoms. The second kappa shape index (κ2) is 10.2. The average Bonchev–Trinajstić information content (AvgIpc) is 3.28. The molecule has 0 saturated heterocycles. The third-order valence-electron chi connectivity index (χ3n) is 4.22. The summed E-state index contributed by atoms with van der Waals surface area (Å²) in [5.41, 5.74) is 2.97. The van der Waals surface area contributed by atoms with E-state index in [0.717, 1.165) is 23.5 Å². The number of para-hydroxylation sites is 1. The number of methoxy groups -OCH3 is 1. The fraction of sp³-hybridized carbons (Fsp3) is 0.273. The van der Waals surface area contributed by atoms with Crippen LogP contribution in [0, 0.1) is 0 Å². The van der Waals surface area contributed by atoms with Crippen LogP contribution in [0.5, 0.6) is 11.5 Å². The largest absolute Gasteiger partial charge is 0.493 e. The van der Waals surface area contributed by atoms with E-state index in [1.165, 1.54) is 0 Å². The van der Waals surface area contributed by atoms with Gasteiger partial charge in [-0.15, -0.1) is 0 Å². The maximum atomic E-state index is 5.66. The Bertz CT molecular complexity index is 938. The maximum Gasteiger partial charge on any atom is 0.196 e. The lowest BCUT2D eigenvalue weighted by Crippen LogP contribution is -2.30. The highest BCUT2D eigenvalue weighted by Crippen LogP contribution is 2.30. The lowest BCUT2D eigenvalue weighted by Gasteiger charge is -2.15. The van der Waals surface area contributed by atoms with Gasteiger partial charge in [-0.25, -0.2) is 9.67 Å². The minimum Gasteiger partial charge on any atom is -0.493 e. The Hall–Kier alpha value is -3.48. The number of rotatable bonds is 8. The first kappa shape index (κ1) is 20.3. The molecule has 29 heavy (non-hydrogen) atoms. The summed E-state index contributed by atoms with van der Waals surface area (Å²) in [6.45, 7) is 5.82. The molecule has 7 heteroatoms. The second-order valence-electron chi connectivity index (χ2n) is 6.20. The average molecular weight is 393 g/mol. The molecule has 2 aromatic carbocycles. The van der Waals surface area contributed by atoms with E-state index in [-0.39, 0.29) is 0 Å². The molecule has 0 spiro atoms. The van der Waals surface area contributed by atoms with Gasteiger partial charge in [0.15, 0.2) is 17.5 Å². The van der Waals surface area contributed by atoms with Crippen LogP contribution < -0.4 is 20.1 Å². The Morgan fingerprint density at radius 2 is 1.97 bits per heavy atom. The van der Waals surface area contributed by atoms with Crippen LogP contribution in [0.3, 0.4) is 0 Å². The number of hydrogen-bond acceptors (Lipinski definition) is 4. The molecule has 3 rings (SSSR count). The van der Waals surface area contributed by atoms with Gasteiger partial charge in [0.25, 0.3) is 0 Å². The normalized spacial score (nSPS) is 11.2. The van der Waals surface area contributed by atoms with Crippen molar-refractivity contribution in [2.75, 3.05) is 25.6 Å². The van der Waals surface area contributed by atoms with Gasteiger partial charge in [-0.05, 0) is 43.7 Å². The lowest BCUT2D eigenvalue weighted by atomic mass is 10.2. The predicted octanol–water partition coefficient (Wildman–Crippen LogP) is 3.86. The van der Waals surface area contributed by atoms with E-state index in [2.05, 4.69) is 21.8 Å². The Morgan fingerprint density at radius 1 is 1.10 bits per heavy atom. The first-order valence-electron chi connectivity index (χ1n) is 9.69. The van der Waals surface area contributed by atoms with Gasteiger partial charge in [0.2, 0.25) is 0 Å². The van der Waals surface area contributed by atoms with Crippen molar-refractivity contribution in [1.82, 2.24) is 15.1 Å². The van der Waals surface area contributed by atoms with Gasteiger partial charge < -0.3 is 20.1 Å². The maximum absolute atomic E-state index is 5.66. The number of nitrogens with zero attached hydrogens (tertiary/aromatic N) is 3. The lowest BCUT2D eigenvalue weighted by molar-refractivity contribution is 0.311. The Kier molecular flexibility index (Phi) is 7.10. The van der Waals surface area contributed by atoms with Crippen LogP contribution in [0.15, 0.2) is 65.9 Å². The summed E-state index contributed by atoms with van der Waals surface area (Å²) < 4.78 is 12.9. The van der Waals surface area contributed by atoms with Crippen molar-refractivity contribution >= 4 is 11.6 Å². The van der Waals surface area contributed by atoms with Crippen LogP contribution in [0.1, 0.15) is 19.4 Å². The summed E-state index contributed by atoms with van der Waals surface area (Å²) in [6.07, 6.45) is 3.70. The number of guanidine groups is 1. The molecule has 0 unspecified atom stereocenters. The summed E-state index contributed by atoms with van der Waals surface area (Å²) in [7, 11) is 1.63. The van der Waals surface area contributed by atoms with Gasteiger partial charge in [-0.2, -0.15) is 5.10 Å². The Labute approximate surface area is 171 Å². The molecule has 0 atom stereocenters. The van der Waals surface area contributed by atoms with E-state index in [4.69, 9.17) is 14.5 Å². The molecule has 2 N–H and O–H groups in total. The van der Waals surface area contributed by atoms with E-state index in [0.29, 0.717) is 30.6 Å². The molecule has 7 nitrogen and oxygen atoms in total. The highest BCUT2D eigenvalue weighted by molar-refractivity contribution is 5.94. The van der Waals surface area contributed by atoms with Gasteiger partial charge in [0.1, 0.15) is 0 Å². The third kappa shape index (κ3) is 5.28. The zero-order valence-electron chi connectivity index (χ0n) is 17.1. The molecule has 0 aliphatic heterocycles. The van der Waals surface area contributed by atoms with E-state index >= 15 is 0 Å². The predicted molar refractivity (Wildman–Crippen MR) is 116 cm³/mol. The molecule has 1 heterocycles. The minimum absolute atomic E-state index is 0.514. The molecule has 0 saturated carbocycles. The van der Waals surface area contributed by atoms with Crippen LogP contribution >= 0.6 is 0 Å². The van der Waals surface area contributed by atoms with Crippen molar-refractivity contribution < 1.29 is 9.47 Å². The highest BCUT2D eigenvalue weighted by atomic mass is 16.5. The Balaban J connectivity index is 1.81. The molecule has 3 aromatic rings. The Morgan fingerprint density at radius 3 is 2.69 bits per heavy atom. The summed E-state index contributed by atoms with van der Waals surface area (Å²) in [4.78, 5) is 4.75. The topological polar surface area (TPSA) is 72.7 Å². The van der Waals surface area contributed by atoms with Gasteiger partial charge in [-0.3, -0.25) is 0 Å². The van der Waals surface area contributed by atoms with Gasteiger partial charge >= 0.3 is 0 Å². The van der Waals surface area contributed by atoms with Crippen LogP contribution in [0.4, 0.5) is 5.69 Å². The number of aliphatic imine (C=N–C) groups is 1. The quantitative estimate of drug-likeness (QED) is 0.449. The minimum atomic E-state index is 0.514. The van der Waals surface area contributed by atoms with Crippen molar-refractivity contribution in [3.63, 3.8) is 0 Å². The van der Waals surface area contributed by atoms with Crippen molar-refractivity contribution in [3.8, 4) is 17.2 Å². The van der Waals surface area contributed by atoms with Crippen LogP contribution in [0.25, 0.3) is 5.69 Å². The number of hydrogen-bond donors (Lipinski definition) is 2. The fourth-order valence-electron chi connectivity index (χ4n) is 2.91. The van der Waals surface area contributed by atoms with E-state index < -0.39 is 0 Å². The van der Waals surface area contributed by atoms with Crippen LogP contribution in [-0.4, -0.2) is 36.0 Å². The number of nitrogens with one attached hydrogen (secondary N) is 2. The number of benzene rings is 2. The standard InChI is InChI=1S/C22H27N5O2/c1-4-23-22(26-18-11-12-20(28-3)21(15-18)29-5-2)24-16-17-9-6-7-10-19(17)27-14-8-13-25-27/h6-15H,4-5,16H2,1-3H3,(H2,23,24,26). The zero-order chi connectivity index (χ0) is 20.5. The van der Waals surface area contributed by atoms with Crippen LogP contribution in [-0.2, 0) is 6.54 Å². The molecule has 0 radical (unpaired) electrons. The van der Waals surface area contributed by atoms with Crippen molar-refractivity contribution in [2.24, 2.45) is 4.99 Å². The summed E-state index contributed by atoms with van der Waals surface area (Å²) in [6, 6.07) is 15.7. The molecule has 1 aromatic heterocycles. The van der Waals surface area contributed by atoms with Crippen LogP contribution in [0.2, 0.25) is 0 Å². The van der Waals surface area contributed by atoms with Crippen molar-refractivity contribution in [3.05, 3.63) is 66.5 Å². The number of ether oxygens (including phenoxy) is 2. The summed E-state index contributed by atoms with van der Waals surface area (Å²) >= 11 is 0. The smallest absolute Gasteiger partial charge is 0.196 e. The molecule has 0 fully saturated rings. The zero-order valence-corrected chi connectivity index (χ0v) is 17.1. The van der Waals surface area contributed by atoms with E-state index in [9.17, 15) is 0 Å². The molecular formula is C22H27N5O2. The van der Waals surface area contributed by atoms with E-state index in [1.807, 2.05) is 67.2 Å². The molecule has 0 amide bonds. The fourth-order valence-corrected chi connectivity index (χ4v) is 2.91. The molecule has 0 aliphatic rings.